The lowest BCUT2D eigenvalue weighted by Crippen LogP contribution is -2.39. The summed E-state index contributed by atoms with van der Waals surface area (Å²) >= 11 is 6.30. The summed E-state index contributed by atoms with van der Waals surface area (Å²) < 4.78 is 17.7. The SMILES string of the molecule is Nc1c(Cl)cc(C(=O)OC2CCN(CCc3occc3C3CCc4c(ccc5c4ccc4ccccc45)C3)CC2)c2c1CCO2. The number of hydrogen-bond acceptors (Lipinski definition) is 6. The van der Waals surface area contributed by atoms with Crippen molar-refractivity contribution in [3.8, 4) is 5.75 Å². The van der Waals surface area contributed by atoms with Crippen LogP contribution in [-0.2, 0) is 30.4 Å². The van der Waals surface area contributed by atoms with Crippen LogP contribution in [0.5, 0.6) is 5.75 Å². The molecular formula is C38H37ClN2O4. The number of ether oxygens (including phenoxy) is 2. The summed E-state index contributed by atoms with van der Waals surface area (Å²) in [6, 6.07) is 21.7. The third-order valence-electron chi connectivity index (χ3n) is 10.2. The van der Waals surface area contributed by atoms with Crippen LogP contribution in [0.25, 0.3) is 21.5 Å². The third-order valence-corrected chi connectivity index (χ3v) is 10.5. The molecule has 7 heteroatoms. The van der Waals surface area contributed by atoms with Gasteiger partial charge in [0.25, 0.3) is 0 Å². The van der Waals surface area contributed by atoms with Gasteiger partial charge in [0.05, 0.1) is 23.6 Å². The minimum atomic E-state index is -0.385. The first-order chi connectivity index (χ1) is 22.0. The number of rotatable bonds is 6. The number of benzene rings is 4. The summed E-state index contributed by atoms with van der Waals surface area (Å²) in [4.78, 5) is 15.5. The summed E-state index contributed by atoms with van der Waals surface area (Å²) in [5.41, 5.74) is 12.1. The van der Waals surface area contributed by atoms with Crippen molar-refractivity contribution in [2.75, 3.05) is 32.0 Å². The molecule has 1 atom stereocenters. The Hall–Kier alpha value is -4.00. The van der Waals surface area contributed by atoms with Crippen molar-refractivity contribution < 1.29 is 18.7 Å². The van der Waals surface area contributed by atoms with Crippen molar-refractivity contribution in [3.05, 3.63) is 106 Å². The Labute approximate surface area is 268 Å². The number of halogens is 1. The predicted molar refractivity (Wildman–Crippen MR) is 179 cm³/mol. The molecule has 1 unspecified atom stereocenters. The standard InChI is InChI=1S/C38H37ClN2O4/c39-34-22-33(37-32(36(34)40)15-20-44-37)38(42)45-26-11-16-41(17-12-26)18-13-35-29(14-19-43-35)25-6-8-28-24(21-25)7-10-30-27-4-2-1-3-23(27)5-9-31(28)30/h1-5,7,9-10,14,19,22,25-26H,6,8,11-13,15-18,20-21,40H2. The van der Waals surface area contributed by atoms with E-state index in [0.717, 1.165) is 69.5 Å². The van der Waals surface area contributed by atoms with Crippen LogP contribution in [0.3, 0.4) is 0 Å². The van der Waals surface area contributed by atoms with Crippen LogP contribution in [0.15, 0.2) is 71.3 Å². The van der Waals surface area contributed by atoms with Gasteiger partial charge in [0.2, 0.25) is 0 Å². The lowest BCUT2D eigenvalue weighted by atomic mass is 9.78. The molecule has 0 radical (unpaired) electrons. The molecule has 0 spiro atoms. The lowest BCUT2D eigenvalue weighted by molar-refractivity contribution is 0.0111. The normalized spacial score (nSPS) is 18.6. The number of furan rings is 1. The molecule has 0 saturated carbocycles. The molecule has 0 bridgehead atoms. The van der Waals surface area contributed by atoms with Crippen molar-refractivity contribution in [2.45, 2.75) is 57.0 Å². The van der Waals surface area contributed by atoms with Crippen LogP contribution >= 0.6 is 11.6 Å². The van der Waals surface area contributed by atoms with E-state index in [4.69, 9.17) is 31.2 Å². The molecule has 3 aliphatic rings. The summed E-state index contributed by atoms with van der Waals surface area (Å²) in [5, 5.41) is 5.77. The second-order valence-corrected chi connectivity index (χ2v) is 13.2. The number of fused-ring (bicyclic) bond motifs is 6. The molecule has 2 aliphatic heterocycles. The number of nitrogens with zero attached hydrogens (tertiary/aromatic N) is 1. The highest BCUT2D eigenvalue weighted by molar-refractivity contribution is 6.33. The van der Waals surface area contributed by atoms with Crippen LogP contribution in [0.2, 0.25) is 5.02 Å². The van der Waals surface area contributed by atoms with Crippen LogP contribution < -0.4 is 10.5 Å². The van der Waals surface area contributed by atoms with Crippen molar-refractivity contribution in [1.82, 2.24) is 4.90 Å². The van der Waals surface area contributed by atoms with Gasteiger partial charge in [-0.15, -0.1) is 0 Å². The Morgan fingerprint density at radius 1 is 0.956 bits per heavy atom. The summed E-state index contributed by atoms with van der Waals surface area (Å²) in [7, 11) is 0. The zero-order valence-electron chi connectivity index (χ0n) is 25.3. The first-order valence-electron chi connectivity index (χ1n) is 16.2. The Kier molecular flexibility index (Phi) is 7.43. The molecule has 1 fully saturated rings. The van der Waals surface area contributed by atoms with Gasteiger partial charge in [-0.2, -0.15) is 0 Å². The van der Waals surface area contributed by atoms with E-state index in [9.17, 15) is 4.79 Å². The molecule has 4 aromatic carbocycles. The summed E-state index contributed by atoms with van der Waals surface area (Å²) in [6.07, 6.45) is 8.14. The first-order valence-corrected chi connectivity index (χ1v) is 16.6. The predicted octanol–water partition coefficient (Wildman–Crippen LogP) is 7.89. The molecule has 1 aliphatic carbocycles. The maximum absolute atomic E-state index is 13.1. The highest BCUT2D eigenvalue weighted by Gasteiger charge is 2.30. The number of aryl methyl sites for hydroxylation is 1. The number of hydrogen-bond donors (Lipinski definition) is 1. The zero-order valence-corrected chi connectivity index (χ0v) is 26.1. The minimum absolute atomic E-state index is 0.127. The Balaban J connectivity index is 0.881. The fraction of sp³-hybridized carbons (Fsp3) is 0.342. The molecule has 2 N–H and O–H groups in total. The van der Waals surface area contributed by atoms with E-state index in [1.807, 2.05) is 6.26 Å². The lowest BCUT2D eigenvalue weighted by Gasteiger charge is -2.31. The largest absolute Gasteiger partial charge is 0.492 e. The van der Waals surface area contributed by atoms with Crippen LogP contribution in [0, 0.1) is 0 Å². The van der Waals surface area contributed by atoms with Gasteiger partial charge in [-0.25, -0.2) is 4.79 Å². The number of carbonyl (C=O) groups is 1. The molecular weight excluding hydrogens is 584 g/mol. The molecule has 5 aromatic rings. The molecule has 1 saturated heterocycles. The molecule has 230 valence electrons. The smallest absolute Gasteiger partial charge is 0.342 e. The summed E-state index contributed by atoms with van der Waals surface area (Å²) in [5.74, 6) is 1.72. The van der Waals surface area contributed by atoms with Crippen molar-refractivity contribution in [1.29, 1.82) is 0 Å². The maximum Gasteiger partial charge on any atom is 0.342 e. The van der Waals surface area contributed by atoms with E-state index in [2.05, 4.69) is 59.5 Å². The molecule has 8 rings (SSSR count). The monoisotopic (exact) mass is 620 g/mol. The molecule has 3 heterocycles. The van der Waals surface area contributed by atoms with Crippen molar-refractivity contribution in [3.63, 3.8) is 0 Å². The average Bonchev–Trinajstić information content (AvgIpc) is 3.76. The van der Waals surface area contributed by atoms with Gasteiger partial charge < -0.3 is 24.5 Å². The fourth-order valence-corrected chi connectivity index (χ4v) is 8.02. The van der Waals surface area contributed by atoms with E-state index in [0.29, 0.717) is 41.0 Å². The Morgan fingerprint density at radius 2 is 1.80 bits per heavy atom. The van der Waals surface area contributed by atoms with E-state index in [1.54, 1.807) is 6.07 Å². The van der Waals surface area contributed by atoms with Gasteiger partial charge >= 0.3 is 5.97 Å². The third kappa shape index (κ3) is 5.24. The van der Waals surface area contributed by atoms with Gasteiger partial charge in [0.1, 0.15) is 23.2 Å². The quantitative estimate of drug-likeness (QED) is 0.118. The van der Waals surface area contributed by atoms with Gasteiger partial charge in [0.15, 0.2) is 0 Å². The highest BCUT2D eigenvalue weighted by atomic mass is 35.5. The zero-order chi connectivity index (χ0) is 30.5. The van der Waals surface area contributed by atoms with Crippen LogP contribution in [-0.4, -0.2) is 43.2 Å². The van der Waals surface area contributed by atoms with Crippen LogP contribution in [0.1, 0.15) is 63.6 Å². The second kappa shape index (κ2) is 11.7. The topological polar surface area (TPSA) is 77.9 Å². The van der Waals surface area contributed by atoms with Gasteiger partial charge in [-0.3, -0.25) is 0 Å². The molecule has 45 heavy (non-hydrogen) atoms. The number of nitrogen functional groups attached to an aromatic ring is 1. The second-order valence-electron chi connectivity index (χ2n) is 12.7. The van der Waals surface area contributed by atoms with E-state index in [1.165, 1.54) is 38.2 Å². The number of anilines is 1. The molecule has 1 aromatic heterocycles. The summed E-state index contributed by atoms with van der Waals surface area (Å²) in [6.45, 7) is 3.18. The highest BCUT2D eigenvalue weighted by Crippen LogP contribution is 2.41. The number of nitrogens with two attached hydrogens (primary N) is 1. The Morgan fingerprint density at radius 3 is 2.69 bits per heavy atom. The van der Waals surface area contributed by atoms with Gasteiger partial charge in [0, 0.05) is 38.0 Å². The average molecular weight is 621 g/mol. The van der Waals surface area contributed by atoms with Gasteiger partial charge in [-0.1, -0.05) is 60.1 Å². The number of piperidine rings is 1. The first kappa shape index (κ1) is 28.5. The number of likely N-dealkylation sites (tertiary alicyclic amines) is 1. The van der Waals surface area contributed by atoms with E-state index >= 15 is 0 Å². The van der Waals surface area contributed by atoms with E-state index < -0.39 is 0 Å². The minimum Gasteiger partial charge on any atom is -0.492 e. The molecule has 6 nitrogen and oxygen atoms in total. The van der Waals surface area contributed by atoms with Crippen LogP contribution in [0.4, 0.5) is 5.69 Å². The Bertz CT molecular complexity index is 1920. The number of esters is 1. The van der Waals surface area contributed by atoms with E-state index in [-0.39, 0.29) is 12.1 Å². The van der Waals surface area contributed by atoms with Gasteiger partial charge in [-0.05, 0) is 88.4 Å². The molecule has 0 amide bonds. The van der Waals surface area contributed by atoms with Crippen molar-refractivity contribution in [2.24, 2.45) is 0 Å². The van der Waals surface area contributed by atoms with Crippen molar-refractivity contribution >= 4 is 44.8 Å². The maximum atomic E-state index is 13.1. The number of carbonyl (C=O) groups excluding carboxylic acids is 1. The fourth-order valence-electron chi connectivity index (χ4n) is 7.80.